The second-order valence-corrected chi connectivity index (χ2v) is 7.31. The third kappa shape index (κ3) is 4.18. The quantitative estimate of drug-likeness (QED) is 0.868. The Bertz CT molecular complexity index is 644. The van der Waals surface area contributed by atoms with Crippen LogP contribution in [0.15, 0.2) is 17.0 Å². The molecule has 0 atom stereocenters. The van der Waals surface area contributed by atoms with E-state index >= 15 is 0 Å². The molecule has 118 valence electrons. The van der Waals surface area contributed by atoms with Gasteiger partial charge in [-0.2, -0.15) is 0 Å². The predicted octanol–water partition coefficient (Wildman–Crippen LogP) is 2.17. The van der Waals surface area contributed by atoms with Crippen molar-refractivity contribution in [1.29, 1.82) is 0 Å². The Hall–Kier alpha value is -1.60. The van der Waals surface area contributed by atoms with Crippen LogP contribution in [0.25, 0.3) is 0 Å². The summed E-state index contributed by atoms with van der Waals surface area (Å²) < 4.78 is 32.6. The van der Waals surface area contributed by atoms with Crippen LogP contribution in [0.4, 0.5) is 0 Å². The van der Waals surface area contributed by atoms with Gasteiger partial charge in [-0.1, -0.05) is 0 Å². The Morgan fingerprint density at radius 1 is 1.33 bits per heavy atom. The van der Waals surface area contributed by atoms with Crippen LogP contribution in [0.2, 0.25) is 0 Å². The van der Waals surface area contributed by atoms with Crippen LogP contribution in [0.1, 0.15) is 43.6 Å². The van der Waals surface area contributed by atoms with Gasteiger partial charge in [-0.05, 0) is 46.8 Å². The molecule has 0 saturated carbocycles. The highest BCUT2D eigenvalue weighted by Gasteiger charge is 2.27. The van der Waals surface area contributed by atoms with Gasteiger partial charge >= 0.3 is 5.97 Å². The molecule has 0 unspecified atom stereocenters. The highest BCUT2D eigenvalue weighted by Crippen LogP contribution is 2.30. The van der Waals surface area contributed by atoms with Crippen molar-refractivity contribution < 1.29 is 23.1 Å². The van der Waals surface area contributed by atoms with E-state index in [0.29, 0.717) is 0 Å². The first-order valence-electron chi connectivity index (χ1n) is 6.53. The molecule has 0 amide bonds. The molecule has 0 radical (unpaired) electrons. The second kappa shape index (κ2) is 6.03. The summed E-state index contributed by atoms with van der Waals surface area (Å²) in [4.78, 5) is 11.2. The molecular formula is C14H21NO5S. The molecule has 2 N–H and O–H groups in total. The van der Waals surface area contributed by atoms with E-state index in [1.54, 1.807) is 27.7 Å². The Balaban J connectivity index is 3.46. The average Bonchev–Trinajstić information content (AvgIpc) is 2.27. The number of carbonyl (C=O) groups is 1. The van der Waals surface area contributed by atoms with Crippen molar-refractivity contribution in [3.63, 3.8) is 0 Å². The van der Waals surface area contributed by atoms with Gasteiger partial charge in [0.2, 0.25) is 10.0 Å². The summed E-state index contributed by atoms with van der Waals surface area (Å²) in [5.74, 6) is -1.07. The largest absolute Gasteiger partial charge is 0.493 e. The minimum absolute atomic E-state index is 0.0193. The third-order valence-electron chi connectivity index (χ3n) is 2.61. The van der Waals surface area contributed by atoms with Gasteiger partial charge in [0.05, 0.1) is 11.5 Å². The number of hydrogen-bond donors (Lipinski definition) is 2. The zero-order valence-corrected chi connectivity index (χ0v) is 13.7. The van der Waals surface area contributed by atoms with Gasteiger partial charge in [-0.15, -0.1) is 0 Å². The molecule has 0 heterocycles. The SMILES string of the molecule is CCOc1c(C(=O)O)ccc(S(=O)(=O)NC(C)(C)C)c1C. The molecule has 0 fully saturated rings. The first-order chi connectivity index (χ1) is 9.49. The number of carboxylic acid groups (broad SMARTS) is 1. The number of rotatable bonds is 5. The van der Waals surface area contributed by atoms with Crippen LogP contribution < -0.4 is 9.46 Å². The molecule has 0 aromatic heterocycles. The molecule has 0 aliphatic heterocycles. The van der Waals surface area contributed by atoms with Gasteiger partial charge in [0.1, 0.15) is 11.3 Å². The number of aromatic carboxylic acids is 1. The first kappa shape index (κ1) is 17.5. The van der Waals surface area contributed by atoms with Crippen LogP contribution in [0, 0.1) is 6.92 Å². The maximum atomic E-state index is 12.4. The molecule has 1 aromatic rings. The van der Waals surface area contributed by atoms with E-state index in [4.69, 9.17) is 9.84 Å². The maximum absolute atomic E-state index is 12.4. The van der Waals surface area contributed by atoms with Crippen LogP contribution in [-0.2, 0) is 10.0 Å². The van der Waals surface area contributed by atoms with E-state index in [-0.39, 0.29) is 28.4 Å². The van der Waals surface area contributed by atoms with Gasteiger partial charge in [0.15, 0.2) is 0 Å². The summed E-state index contributed by atoms with van der Waals surface area (Å²) in [6, 6.07) is 2.53. The van der Waals surface area contributed by atoms with E-state index in [9.17, 15) is 13.2 Å². The maximum Gasteiger partial charge on any atom is 0.339 e. The minimum atomic E-state index is -3.75. The number of carboxylic acids is 1. The lowest BCUT2D eigenvalue weighted by Gasteiger charge is -2.22. The van der Waals surface area contributed by atoms with Crippen molar-refractivity contribution in [1.82, 2.24) is 4.72 Å². The summed E-state index contributed by atoms with van der Waals surface area (Å²) >= 11 is 0. The number of nitrogens with one attached hydrogen (secondary N) is 1. The molecule has 1 rings (SSSR count). The van der Waals surface area contributed by atoms with E-state index in [1.165, 1.54) is 19.1 Å². The summed E-state index contributed by atoms with van der Waals surface area (Å²) in [7, 11) is -3.75. The Morgan fingerprint density at radius 2 is 1.90 bits per heavy atom. The Morgan fingerprint density at radius 3 is 2.33 bits per heavy atom. The monoisotopic (exact) mass is 315 g/mol. The number of sulfonamides is 1. The third-order valence-corrected chi connectivity index (χ3v) is 4.51. The van der Waals surface area contributed by atoms with Gasteiger partial charge in [-0.3, -0.25) is 0 Å². The fraction of sp³-hybridized carbons (Fsp3) is 0.500. The Kier molecular flexibility index (Phi) is 5.01. The lowest BCUT2D eigenvalue weighted by Crippen LogP contribution is -2.40. The fourth-order valence-electron chi connectivity index (χ4n) is 1.92. The van der Waals surface area contributed by atoms with Crippen molar-refractivity contribution in [3.8, 4) is 5.75 Å². The molecule has 0 aliphatic carbocycles. The Labute approximate surface area is 125 Å². The molecule has 7 heteroatoms. The van der Waals surface area contributed by atoms with Gasteiger partial charge in [0.25, 0.3) is 0 Å². The number of ether oxygens (including phenoxy) is 1. The lowest BCUT2D eigenvalue weighted by molar-refractivity contribution is 0.0692. The van der Waals surface area contributed by atoms with E-state index in [0.717, 1.165) is 0 Å². The average molecular weight is 315 g/mol. The smallest absolute Gasteiger partial charge is 0.339 e. The van der Waals surface area contributed by atoms with Gasteiger partial charge < -0.3 is 9.84 Å². The number of hydrogen-bond acceptors (Lipinski definition) is 4. The summed E-state index contributed by atoms with van der Waals surface area (Å²) in [5, 5.41) is 9.15. The van der Waals surface area contributed by atoms with Gasteiger partial charge in [0, 0.05) is 11.1 Å². The van der Waals surface area contributed by atoms with E-state index in [2.05, 4.69) is 4.72 Å². The molecular weight excluding hydrogens is 294 g/mol. The van der Waals surface area contributed by atoms with Crippen LogP contribution in [0.5, 0.6) is 5.75 Å². The molecule has 0 bridgehead atoms. The van der Waals surface area contributed by atoms with Crippen molar-refractivity contribution in [3.05, 3.63) is 23.3 Å². The topological polar surface area (TPSA) is 92.7 Å². The van der Waals surface area contributed by atoms with Crippen molar-refractivity contribution in [2.75, 3.05) is 6.61 Å². The minimum Gasteiger partial charge on any atom is -0.493 e. The summed E-state index contributed by atoms with van der Waals surface area (Å²) in [5.41, 5.74) is -0.403. The van der Waals surface area contributed by atoms with Crippen LogP contribution in [-0.4, -0.2) is 31.6 Å². The molecule has 0 saturated heterocycles. The van der Waals surface area contributed by atoms with Crippen molar-refractivity contribution >= 4 is 16.0 Å². The predicted molar refractivity (Wildman–Crippen MR) is 79.4 cm³/mol. The standard InChI is InChI=1S/C14H21NO5S/c1-6-20-12-9(2)11(8-7-10(12)13(16)17)21(18,19)15-14(3,4)5/h7-8,15H,6H2,1-5H3,(H,16,17). The summed E-state index contributed by atoms with van der Waals surface area (Å²) in [6.07, 6.45) is 0. The molecule has 0 aliphatic rings. The lowest BCUT2D eigenvalue weighted by atomic mass is 10.1. The fourth-order valence-corrected chi connectivity index (χ4v) is 3.58. The molecule has 6 nitrogen and oxygen atoms in total. The molecule has 21 heavy (non-hydrogen) atoms. The first-order valence-corrected chi connectivity index (χ1v) is 8.01. The van der Waals surface area contributed by atoms with Gasteiger partial charge in [-0.25, -0.2) is 17.9 Å². The second-order valence-electron chi connectivity index (χ2n) is 5.66. The zero-order valence-electron chi connectivity index (χ0n) is 12.9. The van der Waals surface area contributed by atoms with E-state index in [1.807, 2.05) is 0 Å². The van der Waals surface area contributed by atoms with Crippen LogP contribution in [0.3, 0.4) is 0 Å². The zero-order chi connectivity index (χ0) is 16.4. The molecule has 1 aromatic carbocycles. The highest BCUT2D eigenvalue weighted by atomic mass is 32.2. The van der Waals surface area contributed by atoms with Crippen molar-refractivity contribution in [2.45, 2.75) is 45.1 Å². The van der Waals surface area contributed by atoms with Crippen molar-refractivity contribution in [2.24, 2.45) is 0 Å². The van der Waals surface area contributed by atoms with E-state index < -0.39 is 21.5 Å². The van der Waals surface area contributed by atoms with Crippen LogP contribution >= 0.6 is 0 Å². The summed E-state index contributed by atoms with van der Waals surface area (Å²) in [6.45, 7) is 8.69. The normalized spacial score (nSPS) is 12.2. The number of benzene rings is 1. The highest BCUT2D eigenvalue weighted by molar-refractivity contribution is 7.89. The molecule has 0 spiro atoms.